The second-order valence-corrected chi connectivity index (χ2v) is 9.04. The van der Waals surface area contributed by atoms with Crippen LogP contribution in [0, 0.1) is 5.82 Å². The molecule has 6 heteroatoms. The quantitative estimate of drug-likeness (QED) is 0.386. The van der Waals surface area contributed by atoms with Gasteiger partial charge in [0, 0.05) is 40.3 Å². The average Bonchev–Trinajstić information content (AvgIpc) is 3.32. The number of allylic oxidation sites excluding steroid dienone is 1. The van der Waals surface area contributed by atoms with E-state index in [9.17, 15) is 14.0 Å². The molecule has 4 aromatic rings. The number of aromatic amines is 1. The minimum Gasteiger partial charge on any atom is -0.359 e. The fourth-order valence-corrected chi connectivity index (χ4v) is 4.70. The Hall–Kier alpha value is -4.15. The van der Waals surface area contributed by atoms with E-state index in [0.717, 1.165) is 23.2 Å². The Morgan fingerprint density at radius 3 is 2.65 bits per heavy atom. The Balaban J connectivity index is 1.46. The zero-order valence-electron chi connectivity index (χ0n) is 19.0. The molecule has 0 bridgehead atoms. The molecule has 5 nitrogen and oxygen atoms in total. The van der Waals surface area contributed by atoms with Crippen molar-refractivity contribution in [2.45, 2.75) is 25.7 Å². The molecule has 1 aliphatic rings. The molecule has 1 aromatic heterocycles. The number of fused-ring (bicyclic) bond motifs is 2. The fourth-order valence-electron chi connectivity index (χ4n) is 4.70. The van der Waals surface area contributed by atoms with Crippen molar-refractivity contribution in [3.8, 4) is 0 Å². The van der Waals surface area contributed by atoms with Crippen LogP contribution in [-0.2, 0) is 16.6 Å². The number of carbonyl (C=O) groups is 1. The van der Waals surface area contributed by atoms with E-state index in [-0.39, 0.29) is 11.7 Å². The van der Waals surface area contributed by atoms with Gasteiger partial charge < -0.3 is 15.2 Å². The van der Waals surface area contributed by atoms with Crippen molar-refractivity contribution < 1.29 is 14.0 Å². The number of amides is 1. The molecule has 2 heterocycles. The summed E-state index contributed by atoms with van der Waals surface area (Å²) in [7, 11) is 0. The van der Waals surface area contributed by atoms with Gasteiger partial charge >= 0.3 is 0 Å². The first-order valence-electron chi connectivity index (χ1n) is 11.2. The van der Waals surface area contributed by atoms with Crippen LogP contribution < -0.4 is 10.2 Å². The normalized spacial score (nSPS) is 14.2. The Morgan fingerprint density at radius 1 is 1.09 bits per heavy atom. The molecule has 0 radical (unpaired) electrons. The third-order valence-electron chi connectivity index (χ3n) is 6.54. The summed E-state index contributed by atoms with van der Waals surface area (Å²) in [6, 6.07) is 19.9. The molecule has 1 aliphatic heterocycles. The summed E-state index contributed by atoms with van der Waals surface area (Å²) in [6.45, 7) is 4.58. The molecule has 2 N–H and O–H groups in total. The number of nitrogens with one attached hydrogen (secondary N) is 2. The molecule has 5 rings (SSSR count). The maximum Gasteiger partial charge on any atom is 0.255 e. The van der Waals surface area contributed by atoms with Gasteiger partial charge in [0.15, 0.2) is 0 Å². The fraction of sp³-hybridized carbons (Fsp3) is 0.179. The third kappa shape index (κ3) is 3.68. The van der Waals surface area contributed by atoms with E-state index < -0.39 is 5.41 Å². The highest BCUT2D eigenvalue weighted by Crippen LogP contribution is 2.47. The summed E-state index contributed by atoms with van der Waals surface area (Å²) in [5, 5.41) is 3.48. The first-order valence-corrected chi connectivity index (χ1v) is 11.2. The van der Waals surface area contributed by atoms with Gasteiger partial charge in [0.2, 0.25) is 0 Å². The zero-order chi connectivity index (χ0) is 23.9. The van der Waals surface area contributed by atoms with Crippen LogP contribution in [0.15, 0.2) is 78.6 Å². The van der Waals surface area contributed by atoms with Crippen molar-refractivity contribution in [1.82, 2.24) is 4.98 Å². The Labute approximate surface area is 196 Å². The number of aromatic nitrogens is 1. The van der Waals surface area contributed by atoms with Crippen LogP contribution in [0.4, 0.5) is 15.8 Å². The molecule has 34 heavy (non-hydrogen) atoms. The summed E-state index contributed by atoms with van der Waals surface area (Å²) in [5.74, 6) is 1.47. The van der Waals surface area contributed by atoms with Crippen molar-refractivity contribution in [3.05, 3.63) is 101 Å². The molecule has 0 unspecified atom stereocenters. The van der Waals surface area contributed by atoms with Crippen LogP contribution in [0.2, 0.25) is 0 Å². The number of hydrogen-bond donors (Lipinski definition) is 2. The lowest BCUT2D eigenvalue weighted by Crippen LogP contribution is -2.28. The van der Waals surface area contributed by atoms with Gasteiger partial charge in [0.05, 0.1) is 5.69 Å². The summed E-state index contributed by atoms with van der Waals surface area (Å²) in [4.78, 5) is 30.1. The van der Waals surface area contributed by atoms with Crippen molar-refractivity contribution in [3.63, 3.8) is 0 Å². The molecular formula is C28H24FN3O2. The summed E-state index contributed by atoms with van der Waals surface area (Å²) in [6.07, 6.45) is 2.40. The Bertz CT molecular complexity index is 1450. The summed E-state index contributed by atoms with van der Waals surface area (Å²) >= 11 is 0. The van der Waals surface area contributed by atoms with E-state index in [4.69, 9.17) is 0 Å². The highest BCUT2D eigenvalue weighted by molar-refractivity contribution is 6.09. The molecule has 0 saturated heterocycles. The van der Waals surface area contributed by atoms with Gasteiger partial charge in [0.1, 0.15) is 17.5 Å². The molecule has 0 aliphatic carbocycles. The van der Waals surface area contributed by atoms with E-state index in [1.807, 2.05) is 49.1 Å². The number of benzene rings is 3. The standard InChI is InChI=1S/C28H24FN3O2/c1-28(2)22-10-8-19(27(34)31-24-16-30-23-11-9-20(29)15-21(23)24)14-25(22)32(26(28)17-33)13-12-18-6-4-3-5-7-18/h3-11,14-16,30H,12-13H2,1-2H3,(H,31,34). The van der Waals surface area contributed by atoms with Crippen molar-refractivity contribution in [1.29, 1.82) is 0 Å². The Morgan fingerprint density at radius 2 is 1.88 bits per heavy atom. The van der Waals surface area contributed by atoms with E-state index in [0.29, 0.717) is 28.9 Å². The average molecular weight is 454 g/mol. The largest absolute Gasteiger partial charge is 0.359 e. The SMILES string of the molecule is CC1(C)C(=C=O)N(CCc2ccccc2)c2cc(C(=O)Nc3c[nH]c4ccc(F)cc34)ccc21. The smallest absolute Gasteiger partial charge is 0.255 e. The lowest BCUT2D eigenvalue weighted by molar-refractivity contribution is 0.102. The van der Waals surface area contributed by atoms with Gasteiger partial charge in [-0.3, -0.25) is 4.79 Å². The molecule has 0 spiro atoms. The van der Waals surface area contributed by atoms with Crippen LogP contribution in [0.5, 0.6) is 0 Å². The van der Waals surface area contributed by atoms with Crippen LogP contribution in [0.25, 0.3) is 10.9 Å². The second-order valence-electron chi connectivity index (χ2n) is 9.04. The summed E-state index contributed by atoms with van der Waals surface area (Å²) < 4.78 is 13.7. The maximum atomic E-state index is 13.7. The summed E-state index contributed by atoms with van der Waals surface area (Å²) in [5.41, 5.74) is 4.72. The predicted octanol–water partition coefficient (Wildman–Crippen LogP) is 5.62. The highest BCUT2D eigenvalue weighted by atomic mass is 19.1. The number of hydrogen-bond acceptors (Lipinski definition) is 3. The first-order chi connectivity index (χ1) is 16.4. The molecule has 0 atom stereocenters. The maximum absolute atomic E-state index is 13.7. The zero-order valence-corrected chi connectivity index (χ0v) is 19.0. The number of rotatable bonds is 5. The van der Waals surface area contributed by atoms with Crippen LogP contribution in [0.3, 0.4) is 0 Å². The monoisotopic (exact) mass is 453 g/mol. The van der Waals surface area contributed by atoms with E-state index >= 15 is 0 Å². The Kier molecular flexibility index (Phi) is 5.31. The van der Waals surface area contributed by atoms with Gasteiger partial charge in [-0.05, 0) is 61.7 Å². The number of anilines is 2. The van der Waals surface area contributed by atoms with Gasteiger partial charge in [0.25, 0.3) is 5.91 Å². The molecule has 1 amide bonds. The van der Waals surface area contributed by atoms with Crippen molar-refractivity contribution >= 4 is 34.1 Å². The number of nitrogens with zero attached hydrogens (tertiary/aromatic N) is 1. The first kappa shape index (κ1) is 21.7. The van der Waals surface area contributed by atoms with Crippen LogP contribution >= 0.6 is 0 Å². The van der Waals surface area contributed by atoms with Crippen LogP contribution in [0.1, 0.15) is 35.3 Å². The minimum atomic E-state index is -0.517. The number of halogens is 1. The van der Waals surface area contributed by atoms with Crippen molar-refractivity contribution in [2.24, 2.45) is 0 Å². The van der Waals surface area contributed by atoms with E-state index in [1.54, 1.807) is 18.3 Å². The highest BCUT2D eigenvalue weighted by Gasteiger charge is 2.41. The lowest BCUT2D eigenvalue weighted by atomic mass is 9.84. The van der Waals surface area contributed by atoms with E-state index in [1.165, 1.54) is 17.7 Å². The predicted molar refractivity (Wildman–Crippen MR) is 132 cm³/mol. The molecular weight excluding hydrogens is 429 g/mol. The number of H-pyrrole nitrogens is 1. The molecule has 0 fully saturated rings. The number of carbonyl (C=O) groups excluding carboxylic acids is 2. The second kappa shape index (κ2) is 8.32. The van der Waals surface area contributed by atoms with Gasteiger partial charge in [-0.15, -0.1) is 0 Å². The minimum absolute atomic E-state index is 0.308. The van der Waals surface area contributed by atoms with Gasteiger partial charge in [-0.2, -0.15) is 0 Å². The van der Waals surface area contributed by atoms with Crippen LogP contribution in [-0.4, -0.2) is 23.4 Å². The van der Waals surface area contributed by atoms with Gasteiger partial charge in [-0.25, -0.2) is 9.18 Å². The molecule has 3 aromatic carbocycles. The topological polar surface area (TPSA) is 65.2 Å². The molecule has 170 valence electrons. The van der Waals surface area contributed by atoms with E-state index in [2.05, 4.69) is 28.4 Å². The third-order valence-corrected chi connectivity index (χ3v) is 6.54. The van der Waals surface area contributed by atoms with Gasteiger partial charge in [-0.1, -0.05) is 36.4 Å². The van der Waals surface area contributed by atoms with Crippen molar-refractivity contribution in [2.75, 3.05) is 16.8 Å². The molecule has 0 saturated carbocycles. The lowest BCUT2D eigenvalue weighted by Gasteiger charge is -2.23.